The quantitative estimate of drug-likeness (QED) is 0.506. The van der Waals surface area contributed by atoms with Crippen molar-refractivity contribution in [1.82, 2.24) is 5.32 Å². The Labute approximate surface area is 203 Å². The van der Waals surface area contributed by atoms with Crippen LogP contribution < -0.4 is 24.3 Å². The maximum Gasteiger partial charge on any atom is 0.161 e. The summed E-state index contributed by atoms with van der Waals surface area (Å²) in [6, 6.07) is 15.7. The Kier molecular flexibility index (Phi) is 7.44. The summed E-state index contributed by atoms with van der Waals surface area (Å²) in [6.07, 6.45) is 1.54. The van der Waals surface area contributed by atoms with Crippen molar-refractivity contribution in [3.8, 4) is 23.0 Å². The third-order valence-electron chi connectivity index (χ3n) is 6.23. The van der Waals surface area contributed by atoms with Crippen molar-refractivity contribution in [2.75, 3.05) is 35.0 Å². The molecular formula is C27H31NO5S. The van der Waals surface area contributed by atoms with Crippen LogP contribution in [0.4, 0.5) is 0 Å². The molecule has 3 aromatic carbocycles. The molecule has 0 saturated carbocycles. The number of hydrogen-bond acceptors (Lipinski definition) is 6. The highest BCUT2D eigenvalue weighted by atomic mass is 32.2. The van der Waals surface area contributed by atoms with E-state index in [4.69, 9.17) is 18.9 Å². The molecule has 7 heteroatoms. The summed E-state index contributed by atoms with van der Waals surface area (Å²) in [5.41, 5.74) is 4.45. The van der Waals surface area contributed by atoms with E-state index in [0.29, 0.717) is 23.7 Å². The molecule has 2 atom stereocenters. The lowest BCUT2D eigenvalue weighted by Crippen LogP contribution is -2.31. The van der Waals surface area contributed by atoms with E-state index in [-0.39, 0.29) is 6.04 Å². The fourth-order valence-corrected chi connectivity index (χ4v) is 5.63. The van der Waals surface area contributed by atoms with Gasteiger partial charge in [0.15, 0.2) is 23.0 Å². The van der Waals surface area contributed by atoms with Crippen LogP contribution in [0.25, 0.3) is 0 Å². The van der Waals surface area contributed by atoms with Gasteiger partial charge in [0.25, 0.3) is 0 Å². The molecule has 0 aromatic heterocycles. The summed E-state index contributed by atoms with van der Waals surface area (Å²) in [6.45, 7) is 2.86. The van der Waals surface area contributed by atoms with Gasteiger partial charge in [0.1, 0.15) is 0 Å². The van der Waals surface area contributed by atoms with Crippen molar-refractivity contribution in [2.24, 2.45) is 0 Å². The second kappa shape index (κ2) is 10.5. The van der Waals surface area contributed by atoms with Crippen LogP contribution in [0.15, 0.2) is 58.3 Å². The molecule has 0 bridgehead atoms. The summed E-state index contributed by atoms with van der Waals surface area (Å²) in [4.78, 5) is 1.47. The summed E-state index contributed by atoms with van der Waals surface area (Å²) in [7, 11) is 5.13. The smallest absolute Gasteiger partial charge is 0.161 e. The predicted molar refractivity (Wildman–Crippen MR) is 133 cm³/mol. The Morgan fingerprint density at radius 2 is 1.44 bits per heavy atom. The van der Waals surface area contributed by atoms with Gasteiger partial charge in [-0.1, -0.05) is 17.7 Å². The lowest BCUT2D eigenvalue weighted by molar-refractivity contribution is 0.351. The van der Waals surface area contributed by atoms with E-state index < -0.39 is 10.8 Å². The average Bonchev–Trinajstić information content (AvgIpc) is 2.87. The SMILES string of the molecule is COc1cc2c(cc1OC)[C@H](Cc1cc(OC)c(OC)cc1[S@](=O)c1ccc(C)cc1)NCC2. The zero-order chi connectivity index (χ0) is 24.2. The van der Waals surface area contributed by atoms with E-state index in [1.54, 1.807) is 28.4 Å². The van der Waals surface area contributed by atoms with Gasteiger partial charge in [0.2, 0.25) is 0 Å². The molecule has 1 aliphatic heterocycles. The van der Waals surface area contributed by atoms with Gasteiger partial charge in [-0.05, 0) is 73.3 Å². The van der Waals surface area contributed by atoms with Crippen LogP contribution >= 0.6 is 0 Å². The number of methoxy groups -OCH3 is 4. The Morgan fingerprint density at radius 3 is 2.09 bits per heavy atom. The molecule has 0 amide bonds. The van der Waals surface area contributed by atoms with Gasteiger partial charge in [-0.15, -0.1) is 0 Å². The molecule has 0 radical (unpaired) electrons. The molecule has 1 aliphatic rings. The minimum Gasteiger partial charge on any atom is -0.493 e. The monoisotopic (exact) mass is 481 g/mol. The maximum atomic E-state index is 13.7. The van der Waals surface area contributed by atoms with Crippen LogP contribution in [0, 0.1) is 6.92 Å². The zero-order valence-electron chi connectivity index (χ0n) is 20.3. The number of nitrogens with one attached hydrogen (secondary N) is 1. The van der Waals surface area contributed by atoms with Crippen molar-refractivity contribution in [3.63, 3.8) is 0 Å². The highest BCUT2D eigenvalue weighted by molar-refractivity contribution is 7.85. The summed E-state index contributed by atoms with van der Waals surface area (Å²) in [5, 5.41) is 3.62. The molecule has 0 unspecified atom stereocenters. The zero-order valence-corrected chi connectivity index (χ0v) is 21.1. The van der Waals surface area contributed by atoms with Gasteiger partial charge in [-0.25, -0.2) is 4.21 Å². The van der Waals surface area contributed by atoms with Crippen molar-refractivity contribution in [2.45, 2.75) is 35.6 Å². The molecule has 1 N–H and O–H groups in total. The summed E-state index contributed by atoms with van der Waals surface area (Å²) < 4.78 is 35.8. The van der Waals surface area contributed by atoms with Crippen molar-refractivity contribution >= 4 is 10.8 Å². The summed E-state index contributed by atoms with van der Waals surface area (Å²) >= 11 is 0. The number of rotatable bonds is 8. The first-order valence-electron chi connectivity index (χ1n) is 11.2. The molecule has 4 rings (SSSR count). The van der Waals surface area contributed by atoms with Gasteiger partial charge in [0, 0.05) is 17.0 Å². The van der Waals surface area contributed by atoms with Crippen LogP contribution in [0.3, 0.4) is 0 Å². The molecule has 0 aliphatic carbocycles. The highest BCUT2D eigenvalue weighted by Gasteiger charge is 2.26. The van der Waals surface area contributed by atoms with Crippen LogP contribution in [0.5, 0.6) is 23.0 Å². The van der Waals surface area contributed by atoms with Crippen LogP contribution in [0.2, 0.25) is 0 Å². The van der Waals surface area contributed by atoms with Gasteiger partial charge in [0.05, 0.1) is 44.1 Å². The van der Waals surface area contributed by atoms with E-state index in [1.807, 2.05) is 49.4 Å². The molecular weight excluding hydrogens is 450 g/mol. The standard InChI is InChI=1S/C27H31NO5S/c1-17-6-8-20(9-7-17)34(29)27-16-26(33-5)24(31-3)14-19(27)12-22-21-15-25(32-4)23(30-2)13-18(21)10-11-28-22/h6-9,13-16,22,28H,10-12H2,1-5H3/t22-,34+/m0/s1. The van der Waals surface area contributed by atoms with E-state index in [2.05, 4.69) is 11.4 Å². The number of benzene rings is 3. The van der Waals surface area contributed by atoms with Crippen LogP contribution in [-0.4, -0.2) is 39.2 Å². The molecule has 0 spiro atoms. The van der Waals surface area contributed by atoms with Gasteiger partial charge >= 0.3 is 0 Å². The molecule has 3 aromatic rings. The normalized spacial score (nSPS) is 15.9. The number of aryl methyl sites for hydroxylation is 1. The second-order valence-corrected chi connectivity index (χ2v) is 9.71. The van der Waals surface area contributed by atoms with E-state index in [9.17, 15) is 4.21 Å². The summed E-state index contributed by atoms with van der Waals surface area (Å²) in [5.74, 6) is 2.61. The third-order valence-corrected chi connectivity index (χ3v) is 7.71. The largest absolute Gasteiger partial charge is 0.493 e. The topological polar surface area (TPSA) is 66.0 Å². The number of hydrogen-bond donors (Lipinski definition) is 1. The van der Waals surface area contributed by atoms with Gasteiger partial charge < -0.3 is 24.3 Å². The second-order valence-electron chi connectivity index (χ2n) is 8.26. The molecule has 0 fully saturated rings. The van der Waals surface area contributed by atoms with Crippen LogP contribution in [-0.2, 0) is 23.6 Å². The Morgan fingerprint density at radius 1 is 0.853 bits per heavy atom. The van der Waals surface area contributed by atoms with E-state index >= 15 is 0 Å². The number of ether oxygens (including phenoxy) is 4. The van der Waals surface area contributed by atoms with Gasteiger partial charge in [-0.2, -0.15) is 0 Å². The Bertz CT molecular complexity index is 1190. The fraction of sp³-hybridized carbons (Fsp3) is 0.333. The van der Waals surface area contributed by atoms with Crippen LogP contribution in [0.1, 0.15) is 28.3 Å². The first kappa shape index (κ1) is 24.1. The highest BCUT2D eigenvalue weighted by Crippen LogP contribution is 2.39. The Hall–Kier alpha value is -3.03. The first-order chi connectivity index (χ1) is 16.5. The average molecular weight is 482 g/mol. The van der Waals surface area contributed by atoms with Gasteiger partial charge in [-0.3, -0.25) is 0 Å². The maximum absolute atomic E-state index is 13.7. The molecule has 0 saturated heterocycles. The molecule has 180 valence electrons. The third kappa shape index (κ3) is 4.76. The minimum absolute atomic E-state index is 0.0235. The fourth-order valence-electron chi connectivity index (χ4n) is 4.39. The van der Waals surface area contributed by atoms with E-state index in [0.717, 1.165) is 45.2 Å². The minimum atomic E-state index is -1.37. The molecule has 6 nitrogen and oxygen atoms in total. The first-order valence-corrected chi connectivity index (χ1v) is 12.4. The Balaban J connectivity index is 1.78. The predicted octanol–water partition coefficient (Wildman–Crippen LogP) is 4.63. The van der Waals surface area contributed by atoms with Crippen molar-refractivity contribution in [1.29, 1.82) is 0 Å². The lowest BCUT2D eigenvalue weighted by Gasteiger charge is -2.29. The molecule has 1 heterocycles. The molecule has 34 heavy (non-hydrogen) atoms. The number of fused-ring (bicyclic) bond motifs is 1. The van der Waals surface area contributed by atoms with Crippen molar-refractivity contribution in [3.05, 3.63) is 70.8 Å². The van der Waals surface area contributed by atoms with E-state index in [1.165, 1.54) is 5.56 Å². The van der Waals surface area contributed by atoms with Crippen molar-refractivity contribution < 1.29 is 23.2 Å². The lowest BCUT2D eigenvalue weighted by atomic mass is 9.89.